The maximum atomic E-state index is 12.8. The first-order valence-electron chi connectivity index (χ1n) is 9.92. The number of carbonyl (C=O) groups is 1. The fourth-order valence-electron chi connectivity index (χ4n) is 4.55. The van der Waals surface area contributed by atoms with E-state index < -0.39 is 0 Å². The van der Waals surface area contributed by atoms with Gasteiger partial charge in [-0.15, -0.1) is 0 Å². The van der Waals surface area contributed by atoms with Crippen LogP contribution in [0, 0.1) is 5.92 Å². The molecule has 2 aliphatic heterocycles. The highest BCUT2D eigenvalue weighted by Crippen LogP contribution is 2.29. The van der Waals surface area contributed by atoms with E-state index in [-0.39, 0.29) is 0 Å². The Kier molecular flexibility index (Phi) is 6.76. The van der Waals surface area contributed by atoms with Gasteiger partial charge in [0.2, 0.25) is 5.91 Å². The third-order valence-electron chi connectivity index (χ3n) is 6.01. The van der Waals surface area contributed by atoms with Crippen molar-refractivity contribution in [1.29, 1.82) is 0 Å². The Labute approximate surface area is 141 Å². The molecule has 132 valence electrons. The maximum Gasteiger partial charge on any atom is 0.222 e. The summed E-state index contributed by atoms with van der Waals surface area (Å²) < 4.78 is 5.46. The molecular weight excluding hydrogens is 288 g/mol. The maximum absolute atomic E-state index is 12.8. The van der Waals surface area contributed by atoms with E-state index in [1.165, 1.54) is 51.4 Å². The second kappa shape index (κ2) is 9.03. The van der Waals surface area contributed by atoms with E-state index in [1.54, 1.807) is 0 Å². The van der Waals surface area contributed by atoms with Crippen LogP contribution < -0.4 is 0 Å². The average Bonchev–Trinajstić information content (AvgIpc) is 2.99. The Hall–Kier alpha value is -0.610. The molecule has 23 heavy (non-hydrogen) atoms. The van der Waals surface area contributed by atoms with Crippen LogP contribution in [0.4, 0.5) is 0 Å². The van der Waals surface area contributed by atoms with Crippen LogP contribution in [0.1, 0.15) is 64.2 Å². The minimum atomic E-state index is 0.428. The normalized spacial score (nSPS) is 28.0. The number of amides is 1. The predicted octanol–water partition coefficient (Wildman–Crippen LogP) is 3.06. The lowest BCUT2D eigenvalue weighted by molar-refractivity contribution is -0.134. The molecule has 1 amide bonds. The SMILES string of the molecule is O=C(CCC1CCCC1)N1CCCCCC1CN1CCOCC1. The molecule has 3 aliphatic rings. The quantitative estimate of drug-likeness (QED) is 0.780. The van der Waals surface area contributed by atoms with Crippen LogP contribution in [0.15, 0.2) is 0 Å². The molecule has 3 rings (SSSR count). The Morgan fingerprint density at radius 3 is 2.43 bits per heavy atom. The van der Waals surface area contributed by atoms with Gasteiger partial charge in [0.1, 0.15) is 0 Å². The molecule has 1 atom stereocenters. The summed E-state index contributed by atoms with van der Waals surface area (Å²) in [6, 6.07) is 0.437. The van der Waals surface area contributed by atoms with Crippen molar-refractivity contribution in [3.63, 3.8) is 0 Å². The van der Waals surface area contributed by atoms with Gasteiger partial charge in [-0.05, 0) is 25.2 Å². The highest BCUT2D eigenvalue weighted by atomic mass is 16.5. The van der Waals surface area contributed by atoms with E-state index in [2.05, 4.69) is 9.80 Å². The van der Waals surface area contributed by atoms with Crippen LogP contribution in [0.2, 0.25) is 0 Å². The molecule has 0 N–H and O–H groups in total. The number of ether oxygens (including phenoxy) is 1. The fraction of sp³-hybridized carbons (Fsp3) is 0.947. The van der Waals surface area contributed by atoms with Crippen molar-refractivity contribution in [3.8, 4) is 0 Å². The number of nitrogens with zero attached hydrogens (tertiary/aromatic N) is 2. The molecular formula is C19H34N2O2. The highest BCUT2D eigenvalue weighted by molar-refractivity contribution is 5.76. The third-order valence-corrected chi connectivity index (χ3v) is 6.01. The summed E-state index contributed by atoms with van der Waals surface area (Å²) in [7, 11) is 0. The van der Waals surface area contributed by atoms with Crippen molar-refractivity contribution in [2.75, 3.05) is 39.4 Å². The standard InChI is InChI=1S/C19H34N2O2/c22-19(10-9-17-6-3-4-7-17)21-11-5-1-2-8-18(21)16-20-12-14-23-15-13-20/h17-18H,1-16H2. The molecule has 2 saturated heterocycles. The summed E-state index contributed by atoms with van der Waals surface area (Å²) in [6.07, 6.45) is 12.3. The molecule has 0 aromatic carbocycles. The summed E-state index contributed by atoms with van der Waals surface area (Å²) in [5.41, 5.74) is 0. The number of rotatable bonds is 5. The van der Waals surface area contributed by atoms with Crippen LogP contribution in [-0.4, -0.2) is 61.1 Å². The van der Waals surface area contributed by atoms with Gasteiger partial charge in [0.05, 0.1) is 13.2 Å². The van der Waals surface area contributed by atoms with Crippen molar-refractivity contribution < 1.29 is 9.53 Å². The van der Waals surface area contributed by atoms with E-state index in [0.29, 0.717) is 11.9 Å². The fourth-order valence-corrected chi connectivity index (χ4v) is 4.55. The van der Waals surface area contributed by atoms with Gasteiger partial charge in [-0.25, -0.2) is 0 Å². The lowest BCUT2D eigenvalue weighted by Gasteiger charge is -2.36. The van der Waals surface area contributed by atoms with Gasteiger partial charge >= 0.3 is 0 Å². The minimum absolute atomic E-state index is 0.428. The first kappa shape index (κ1) is 17.2. The molecule has 1 unspecified atom stereocenters. The van der Waals surface area contributed by atoms with E-state index in [1.807, 2.05) is 0 Å². The third kappa shape index (κ3) is 5.18. The smallest absolute Gasteiger partial charge is 0.222 e. The van der Waals surface area contributed by atoms with Crippen molar-refractivity contribution >= 4 is 5.91 Å². The van der Waals surface area contributed by atoms with Crippen molar-refractivity contribution in [2.24, 2.45) is 5.92 Å². The van der Waals surface area contributed by atoms with E-state index in [4.69, 9.17) is 4.74 Å². The number of hydrogen-bond acceptors (Lipinski definition) is 3. The molecule has 0 aromatic rings. The van der Waals surface area contributed by atoms with Crippen LogP contribution in [0.3, 0.4) is 0 Å². The van der Waals surface area contributed by atoms with Crippen molar-refractivity contribution in [2.45, 2.75) is 70.3 Å². The zero-order chi connectivity index (χ0) is 15.9. The lowest BCUT2D eigenvalue weighted by atomic mass is 10.0. The van der Waals surface area contributed by atoms with Crippen LogP contribution in [0.25, 0.3) is 0 Å². The Morgan fingerprint density at radius 1 is 0.913 bits per heavy atom. The number of likely N-dealkylation sites (tertiary alicyclic amines) is 1. The number of morpholine rings is 1. The van der Waals surface area contributed by atoms with Gasteiger partial charge in [-0.1, -0.05) is 38.5 Å². The molecule has 3 fully saturated rings. The predicted molar refractivity (Wildman–Crippen MR) is 92.4 cm³/mol. The zero-order valence-electron chi connectivity index (χ0n) is 14.7. The molecule has 0 bridgehead atoms. The Bertz CT molecular complexity index is 362. The van der Waals surface area contributed by atoms with Crippen LogP contribution in [0.5, 0.6) is 0 Å². The van der Waals surface area contributed by atoms with Gasteiger partial charge in [0.25, 0.3) is 0 Å². The Morgan fingerprint density at radius 2 is 1.65 bits per heavy atom. The summed E-state index contributed by atoms with van der Waals surface area (Å²) >= 11 is 0. The monoisotopic (exact) mass is 322 g/mol. The largest absolute Gasteiger partial charge is 0.379 e. The van der Waals surface area contributed by atoms with E-state index in [0.717, 1.165) is 58.2 Å². The van der Waals surface area contributed by atoms with Crippen molar-refractivity contribution in [3.05, 3.63) is 0 Å². The van der Waals surface area contributed by atoms with Gasteiger partial charge in [0, 0.05) is 38.6 Å². The van der Waals surface area contributed by atoms with Crippen molar-refractivity contribution in [1.82, 2.24) is 9.80 Å². The second-order valence-corrected chi connectivity index (χ2v) is 7.69. The molecule has 0 aromatic heterocycles. The highest BCUT2D eigenvalue weighted by Gasteiger charge is 2.28. The molecule has 1 aliphatic carbocycles. The van der Waals surface area contributed by atoms with Gasteiger partial charge < -0.3 is 9.64 Å². The van der Waals surface area contributed by atoms with Crippen LogP contribution in [-0.2, 0) is 9.53 Å². The first-order chi connectivity index (χ1) is 11.3. The van der Waals surface area contributed by atoms with E-state index >= 15 is 0 Å². The lowest BCUT2D eigenvalue weighted by Crippen LogP contribution is -2.49. The molecule has 1 saturated carbocycles. The first-order valence-corrected chi connectivity index (χ1v) is 9.92. The molecule has 0 radical (unpaired) electrons. The van der Waals surface area contributed by atoms with Gasteiger partial charge in [-0.2, -0.15) is 0 Å². The minimum Gasteiger partial charge on any atom is -0.379 e. The number of hydrogen-bond donors (Lipinski definition) is 0. The molecule has 4 nitrogen and oxygen atoms in total. The van der Waals surface area contributed by atoms with E-state index in [9.17, 15) is 4.79 Å². The van der Waals surface area contributed by atoms with Gasteiger partial charge in [0.15, 0.2) is 0 Å². The summed E-state index contributed by atoms with van der Waals surface area (Å²) in [5, 5.41) is 0. The Balaban J connectivity index is 1.52. The molecule has 0 spiro atoms. The van der Waals surface area contributed by atoms with Gasteiger partial charge in [-0.3, -0.25) is 9.69 Å². The zero-order valence-corrected chi connectivity index (χ0v) is 14.7. The summed E-state index contributed by atoms with van der Waals surface area (Å²) in [4.78, 5) is 17.6. The number of carbonyl (C=O) groups excluding carboxylic acids is 1. The molecule has 4 heteroatoms. The molecule has 2 heterocycles. The van der Waals surface area contributed by atoms with Crippen LogP contribution >= 0.6 is 0 Å². The second-order valence-electron chi connectivity index (χ2n) is 7.69. The summed E-state index contributed by atoms with van der Waals surface area (Å²) in [6.45, 7) is 5.79. The summed E-state index contributed by atoms with van der Waals surface area (Å²) in [5.74, 6) is 1.25. The topological polar surface area (TPSA) is 32.8 Å². The average molecular weight is 322 g/mol.